The van der Waals surface area contributed by atoms with Crippen LogP contribution in [0.1, 0.15) is 46.2 Å². The zero-order valence-electron chi connectivity index (χ0n) is 15.2. The first-order valence-corrected chi connectivity index (χ1v) is 8.19. The highest BCUT2D eigenvalue weighted by Gasteiger charge is 2.23. The minimum absolute atomic E-state index is 0.161. The SMILES string of the molecule is CCOC(=O)N(CCNC(=O)OC(C)(C)C)[C@H](C)c1ccccc1. The van der Waals surface area contributed by atoms with Crippen LogP contribution in [0.15, 0.2) is 30.3 Å². The Balaban J connectivity index is 2.67. The third-order valence-electron chi connectivity index (χ3n) is 3.27. The molecular weight excluding hydrogens is 308 g/mol. The van der Waals surface area contributed by atoms with E-state index in [-0.39, 0.29) is 12.6 Å². The van der Waals surface area contributed by atoms with Gasteiger partial charge in [0.1, 0.15) is 5.60 Å². The maximum atomic E-state index is 12.2. The van der Waals surface area contributed by atoms with Gasteiger partial charge in [-0.3, -0.25) is 4.90 Å². The summed E-state index contributed by atoms with van der Waals surface area (Å²) in [7, 11) is 0. The van der Waals surface area contributed by atoms with Crippen LogP contribution in [-0.2, 0) is 9.47 Å². The highest BCUT2D eigenvalue weighted by molar-refractivity contribution is 5.69. The van der Waals surface area contributed by atoms with Crippen molar-refractivity contribution in [2.45, 2.75) is 46.3 Å². The fourth-order valence-electron chi connectivity index (χ4n) is 2.15. The summed E-state index contributed by atoms with van der Waals surface area (Å²) in [5.74, 6) is 0. The summed E-state index contributed by atoms with van der Waals surface area (Å²) in [5.41, 5.74) is 0.449. The van der Waals surface area contributed by atoms with Crippen molar-refractivity contribution >= 4 is 12.2 Å². The fourth-order valence-corrected chi connectivity index (χ4v) is 2.15. The molecule has 0 saturated heterocycles. The molecule has 1 rings (SSSR count). The molecule has 24 heavy (non-hydrogen) atoms. The molecule has 0 heterocycles. The molecule has 0 fully saturated rings. The molecule has 0 spiro atoms. The van der Waals surface area contributed by atoms with Crippen LogP contribution in [0.2, 0.25) is 0 Å². The Bertz CT molecular complexity index is 526. The summed E-state index contributed by atoms with van der Waals surface area (Å²) in [6.45, 7) is 10.0. The molecule has 6 heteroatoms. The van der Waals surface area contributed by atoms with Crippen molar-refractivity contribution in [3.63, 3.8) is 0 Å². The zero-order valence-corrected chi connectivity index (χ0v) is 15.2. The van der Waals surface area contributed by atoms with Crippen LogP contribution in [0, 0.1) is 0 Å². The first kappa shape index (κ1) is 19.8. The summed E-state index contributed by atoms with van der Waals surface area (Å²) in [5, 5.41) is 2.66. The van der Waals surface area contributed by atoms with Crippen molar-refractivity contribution < 1.29 is 19.1 Å². The van der Waals surface area contributed by atoms with Gasteiger partial charge in [0.05, 0.1) is 12.6 Å². The lowest BCUT2D eigenvalue weighted by molar-refractivity contribution is 0.0510. The van der Waals surface area contributed by atoms with E-state index in [1.54, 1.807) is 32.6 Å². The lowest BCUT2D eigenvalue weighted by Crippen LogP contribution is -2.41. The number of benzene rings is 1. The van der Waals surface area contributed by atoms with E-state index in [4.69, 9.17) is 9.47 Å². The maximum Gasteiger partial charge on any atom is 0.410 e. The van der Waals surface area contributed by atoms with Crippen molar-refractivity contribution in [1.29, 1.82) is 0 Å². The quantitative estimate of drug-likeness (QED) is 0.859. The first-order valence-electron chi connectivity index (χ1n) is 8.19. The molecule has 1 N–H and O–H groups in total. The predicted octanol–water partition coefficient (Wildman–Crippen LogP) is 3.73. The predicted molar refractivity (Wildman–Crippen MR) is 92.8 cm³/mol. The van der Waals surface area contributed by atoms with E-state index in [1.165, 1.54) is 0 Å². The van der Waals surface area contributed by atoms with E-state index in [0.717, 1.165) is 5.56 Å². The largest absolute Gasteiger partial charge is 0.450 e. The molecule has 134 valence electrons. The Labute approximate surface area is 144 Å². The lowest BCUT2D eigenvalue weighted by atomic mass is 10.1. The molecule has 0 saturated carbocycles. The average Bonchev–Trinajstić information content (AvgIpc) is 2.50. The summed E-state index contributed by atoms with van der Waals surface area (Å²) in [6.07, 6.45) is -0.904. The third kappa shape index (κ3) is 6.89. The Kier molecular flexibility index (Phi) is 7.55. The summed E-state index contributed by atoms with van der Waals surface area (Å²) < 4.78 is 10.3. The second-order valence-electron chi connectivity index (χ2n) is 6.41. The van der Waals surface area contributed by atoms with Crippen LogP contribution >= 0.6 is 0 Å². The van der Waals surface area contributed by atoms with Gasteiger partial charge in [0.2, 0.25) is 0 Å². The van der Waals surface area contributed by atoms with E-state index in [9.17, 15) is 9.59 Å². The average molecular weight is 336 g/mol. The number of ether oxygens (including phenoxy) is 2. The van der Waals surface area contributed by atoms with Gasteiger partial charge in [-0.2, -0.15) is 0 Å². The van der Waals surface area contributed by atoms with E-state index < -0.39 is 17.8 Å². The molecule has 0 aliphatic rings. The van der Waals surface area contributed by atoms with Crippen molar-refractivity contribution in [3.05, 3.63) is 35.9 Å². The Morgan fingerprint density at radius 3 is 2.38 bits per heavy atom. The molecule has 1 atom stereocenters. The van der Waals surface area contributed by atoms with E-state index >= 15 is 0 Å². The second-order valence-corrected chi connectivity index (χ2v) is 6.41. The van der Waals surface area contributed by atoms with Gasteiger partial charge >= 0.3 is 12.2 Å². The van der Waals surface area contributed by atoms with E-state index in [2.05, 4.69) is 5.32 Å². The molecule has 6 nitrogen and oxygen atoms in total. The summed E-state index contributed by atoms with van der Waals surface area (Å²) in [4.78, 5) is 25.5. The van der Waals surface area contributed by atoms with Gasteiger partial charge in [-0.15, -0.1) is 0 Å². The van der Waals surface area contributed by atoms with Crippen LogP contribution in [0.25, 0.3) is 0 Å². The Morgan fingerprint density at radius 2 is 1.83 bits per heavy atom. The van der Waals surface area contributed by atoms with Gasteiger partial charge in [0.15, 0.2) is 0 Å². The number of alkyl carbamates (subject to hydrolysis) is 1. The number of rotatable bonds is 6. The van der Waals surface area contributed by atoms with Gasteiger partial charge in [-0.25, -0.2) is 9.59 Å². The van der Waals surface area contributed by atoms with Gasteiger partial charge in [0, 0.05) is 13.1 Å². The number of hydrogen-bond acceptors (Lipinski definition) is 4. The molecule has 0 radical (unpaired) electrons. The van der Waals surface area contributed by atoms with Crippen LogP contribution in [0.3, 0.4) is 0 Å². The molecule has 0 aliphatic heterocycles. The molecule has 0 unspecified atom stereocenters. The molecule has 0 aliphatic carbocycles. The minimum atomic E-state index is -0.553. The topological polar surface area (TPSA) is 67.9 Å². The normalized spacial score (nSPS) is 12.2. The molecular formula is C18H28N2O4. The summed E-state index contributed by atoms with van der Waals surface area (Å²) >= 11 is 0. The monoisotopic (exact) mass is 336 g/mol. The van der Waals surface area contributed by atoms with Gasteiger partial charge in [0.25, 0.3) is 0 Å². The lowest BCUT2D eigenvalue weighted by Gasteiger charge is -2.29. The number of nitrogens with one attached hydrogen (secondary N) is 1. The minimum Gasteiger partial charge on any atom is -0.450 e. The second kappa shape index (κ2) is 9.15. The number of carbonyl (C=O) groups excluding carboxylic acids is 2. The highest BCUT2D eigenvalue weighted by Crippen LogP contribution is 2.20. The van der Waals surface area contributed by atoms with Crippen LogP contribution < -0.4 is 5.32 Å². The van der Waals surface area contributed by atoms with Gasteiger partial charge < -0.3 is 14.8 Å². The van der Waals surface area contributed by atoms with Crippen molar-refractivity contribution in [3.8, 4) is 0 Å². The van der Waals surface area contributed by atoms with Crippen LogP contribution in [-0.4, -0.2) is 42.4 Å². The molecule has 0 bridgehead atoms. The Morgan fingerprint density at radius 1 is 1.21 bits per heavy atom. The van der Waals surface area contributed by atoms with Gasteiger partial charge in [-0.05, 0) is 40.2 Å². The van der Waals surface area contributed by atoms with Crippen molar-refractivity contribution in [2.75, 3.05) is 19.7 Å². The maximum absolute atomic E-state index is 12.2. The van der Waals surface area contributed by atoms with Gasteiger partial charge in [-0.1, -0.05) is 30.3 Å². The van der Waals surface area contributed by atoms with E-state index in [0.29, 0.717) is 13.2 Å². The van der Waals surface area contributed by atoms with Crippen LogP contribution in [0.5, 0.6) is 0 Å². The number of amides is 2. The first-order chi connectivity index (χ1) is 11.2. The molecule has 0 aromatic heterocycles. The number of hydrogen-bond donors (Lipinski definition) is 1. The molecule has 1 aromatic rings. The standard InChI is InChI=1S/C18H28N2O4/c1-6-23-17(22)20(14(2)15-10-8-7-9-11-15)13-12-19-16(21)24-18(3,4)5/h7-11,14H,6,12-13H2,1-5H3,(H,19,21)/t14-/m1/s1. The number of nitrogens with zero attached hydrogens (tertiary/aromatic N) is 1. The smallest absolute Gasteiger partial charge is 0.410 e. The zero-order chi connectivity index (χ0) is 18.2. The van der Waals surface area contributed by atoms with E-state index in [1.807, 2.05) is 37.3 Å². The Hall–Kier alpha value is -2.24. The van der Waals surface area contributed by atoms with Crippen molar-refractivity contribution in [2.24, 2.45) is 0 Å². The molecule has 2 amide bonds. The highest BCUT2D eigenvalue weighted by atomic mass is 16.6. The van der Waals surface area contributed by atoms with Crippen LogP contribution in [0.4, 0.5) is 9.59 Å². The number of carbonyl (C=O) groups is 2. The molecule has 1 aromatic carbocycles. The third-order valence-corrected chi connectivity index (χ3v) is 3.27. The van der Waals surface area contributed by atoms with Crippen molar-refractivity contribution in [1.82, 2.24) is 10.2 Å². The summed E-state index contributed by atoms with van der Waals surface area (Å²) in [6, 6.07) is 9.53. The fraction of sp³-hybridized carbons (Fsp3) is 0.556.